The number of carbonyl (C=O) groups excluding carboxylic acids is 2. The molecule has 43 heavy (non-hydrogen) atoms. The number of phenolic OH excluding ortho intramolecular Hbond substituents is 1. The summed E-state index contributed by atoms with van der Waals surface area (Å²) in [5.74, 6) is -1.57. The molecule has 2 aliphatic heterocycles. The number of nitrogens with zero attached hydrogens (tertiary/aromatic N) is 2. The maximum absolute atomic E-state index is 13.9. The number of anilines is 1. The van der Waals surface area contributed by atoms with E-state index in [-0.39, 0.29) is 41.0 Å². The first-order valence-electron chi connectivity index (χ1n) is 14.9. The van der Waals surface area contributed by atoms with E-state index in [0.29, 0.717) is 13.0 Å². The predicted molar refractivity (Wildman–Crippen MR) is 164 cm³/mol. The molecule has 4 atom stereocenters. The number of allylic oxidation sites excluding steroid dienone is 2. The fraction of sp³-hybridized carbons (Fsp3) is 0.314. The van der Waals surface area contributed by atoms with Gasteiger partial charge < -0.3 is 9.84 Å². The molecule has 0 spiro atoms. The molecule has 1 N–H and O–H groups in total. The number of fused-ring (bicyclic) bond motifs is 3. The van der Waals surface area contributed by atoms with E-state index in [1.807, 2.05) is 30.3 Å². The molecular weight excluding hydrogens is 544 g/mol. The van der Waals surface area contributed by atoms with E-state index in [2.05, 4.69) is 25.1 Å². The Kier molecular flexibility index (Phi) is 7.95. The average Bonchev–Trinajstić information content (AvgIpc) is 3.55. The molecule has 0 unspecified atom stereocenters. The third kappa shape index (κ3) is 5.50. The number of hydrogen-bond acceptors (Lipinski definition) is 6. The monoisotopic (exact) mass is 578 g/mol. The molecule has 3 aromatic carbocycles. The molecule has 3 aromatic rings. The summed E-state index contributed by atoms with van der Waals surface area (Å²) in [7, 11) is 0. The van der Waals surface area contributed by atoms with Gasteiger partial charge in [0.2, 0.25) is 11.8 Å². The summed E-state index contributed by atoms with van der Waals surface area (Å²) in [5.41, 5.74) is 5.72. The summed E-state index contributed by atoms with van der Waals surface area (Å²) in [4.78, 5) is 39.5. The smallest absolute Gasteiger partial charge is 0.271 e. The maximum Gasteiger partial charge on any atom is 0.271 e. The van der Waals surface area contributed by atoms with E-state index in [1.54, 1.807) is 18.2 Å². The quantitative estimate of drug-likeness (QED) is 0.0968. The van der Waals surface area contributed by atoms with Gasteiger partial charge in [0.1, 0.15) is 5.75 Å². The van der Waals surface area contributed by atoms with Crippen LogP contribution in [0.5, 0.6) is 5.75 Å². The van der Waals surface area contributed by atoms with Crippen molar-refractivity contribution in [3.8, 4) is 5.75 Å². The lowest BCUT2D eigenvalue weighted by atomic mass is 9.68. The Morgan fingerprint density at radius 1 is 1.02 bits per heavy atom. The van der Waals surface area contributed by atoms with Crippen molar-refractivity contribution >= 4 is 34.8 Å². The van der Waals surface area contributed by atoms with E-state index in [9.17, 15) is 24.8 Å². The van der Waals surface area contributed by atoms with Crippen molar-refractivity contribution in [2.45, 2.75) is 45.1 Å². The van der Waals surface area contributed by atoms with Gasteiger partial charge in [-0.05, 0) is 66.2 Å². The average molecular weight is 579 g/mol. The van der Waals surface area contributed by atoms with E-state index >= 15 is 0 Å². The number of nitro benzene ring substituents is 1. The zero-order chi connectivity index (χ0) is 30.1. The van der Waals surface area contributed by atoms with Gasteiger partial charge in [-0.2, -0.15) is 0 Å². The van der Waals surface area contributed by atoms with Crippen molar-refractivity contribution in [1.82, 2.24) is 0 Å². The molecule has 1 aliphatic carbocycles. The van der Waals surface area contributed by atoms with E-state index in [4.69, 9.17) is 4.74 Å². The highest BCUT2D eigenvalue weighted by molar-refractivity contribution is 6.22. The standard InChI is InChI=1S/C35H34N2O6/c1-2-7-25-19-29-33(35(40)36(34(29)39)26-10-6-11-27(20-26)37(41)42)30-21-43-31(32(25)30)17-14-24(23-8-4-3-5-9-23)18-22-12-15-28(38)16-13-22/h3-6,8-13,15-16,18,20,29-31,33,38H,2,7,14,17,19,21H2,1H3/b24-18-/t29-,30+,31-,33-/m1/s1. The molecule has 3 aliphatic rings. The van der Waals surface area contributed by atoms with Crippen LogP contribution in [0.3, 0.4) is 0 Å². The number of rotatable bonds is 9. The van der Waals surface area contributed by atoms with Gasteiger partial charge in [0.15, 0.2) is 0 Å². The summed E-state index contributed by atoms with van der Waals surface area (Å²) < 4.78 is 6.42. The number of aromatic hydroxyl groups is 1. The predicted octanol–water partition coefficient (Wildman–Crippen LogP) is 6.94. The number of benzene rings is 3. The number of imide groups is 1. The van der Waals surface area contributed by atoms with Gasteiger partial charge in [-0.15, -0.1) is 0 Å². The second-order valence-electron chi connectivity index (χ2n) is 11.5. The molecule has 0 aromatic heterocycles. The molecule has 220 valence electrons. The Hall–Kier alpha value is -4.56. The lowest BCUT2D eigenvalue weighted by molar-refractivity contribution is -0.384. The fourth-order valence-electron chi connectivity index (χ4n) is 7.02. The number of hydrogen-bond donors (Lipinski definition) is 1. The molecule has 0 bridgehead atoms. The first-order chi connectivity index (χ1) is 20.9. The minimum Gasteiger partial charge on any atom is -0.508 e. The van der Waals surface area contributed by atoms with Crippen molar-refractivity contribution in [2.75, 3.05) is 11.5 Å². The minimum absolute atomic E-state index is 0.155. The van der Waals surface area contributed by atoms with Crippen LogP contribution >= 0.6 is 0 Å². The van der Waals surface area contributed by atoms with Gasteiger partial charge in [-0.3, -0.25) is 19.7 Å². The van der Waals surface area contributed by atoms with Crippen molar-refractivity contribution in [3.63, 3.8) is 0 Å². The number of non-ortho nitro benzene ring substituents is 1. The third-order valence-corrected chi connectivity index (χ3v) is 8.91. The van der Waals surface area contributed by atoms with Crippen LogP contribution in [0.1, 0.15) is 50.2 Å². The number of phenols is 1. The normalized spacial score (nSPS) is 23.5. The molecule has 8 nitrogen and oxygen atoms in total. The summed E-state index contributed by atoms with van der Waals surface area (Å²) in [6.45, 7) is 2.49. The molecular formula is C35H34N2O6. The second-order valence-corrected chi connectivity index (χ2v) is 11.5. The van der Waals surface area contributed by atoms with Gasteiger partial charge >= 0.3 is 0 Å². The van der Waals surface area contributed by atoms with Gasteiger partial charge in [0.25, 0.3) is 5.69 Å². The highest BCUT2D eigenvalue weighted by Crippen LogP contribution is 2.51. The second kappa shape index (κ2) is 12.0. The Balaban J connectivity index is 1.28. The number of carbonyl (C=O) groups is 2. The van der Waals surface area contributed by atoms with Gasteiger partial charge in [0, 0.05) is 18.1 Å². The molecule has 2 amide bonds. The number of amides is 2. The van der Waals surface area contributed by atoms with Crippen LogP contribution in [0.15, 0.2) is 90.0 Å². The molecule has 2 saturated heterocycles. The van der Waals surface area contributed by atoms with Crippen LogP contribution < -0.4 is 4.90 Å². The Morgan fingerprint density at radius 2 is 1.79 bits per heavy atom. The fourth-order valence-corrected chi connectivity index (χ4v) is 7.02. The zero-order valence-corrected chi connectivity index (χ0v) is 24.0. The minimum atomic E-state index is -0.534. The van der Waals surface area contributed by atoms with Crippen LogP contribution in [-0.2, 0) is 14.3 Å². The van der Waals surface area contributed by atoms with Crippen molar-refractivity contribution in [2.24, 2.45) is 17.8 Å². The summed E-state index contributed by atoms with van der Waals surface area (Å²) >= 11 is 0. The SMILES string of the molecule is CCCC1=C2[C@@H](CC/C(=C/c3ccc(O)cc3)c3ccccc3)OC[C@@H]2[C@@H]2C(=O)N(c3cccc([N+](=O)[O-])c3)C(=O)[C@@H]2C1. The Labute approximate surface area is 250 Å². The summed E-state index contributed by atoms with van der Waals surface area (Å²) in [5, 5.41) is 21.1. The lowest BCUT2D eigenvalue weighted by Crippen LogP contribution is -2.34. The molecule has 0 saturated carbocycles. The lowest BCUT2D eigenvalue weighted by Gasteiger charge is -2.32. The van der Waals surface area contributed by atoms with Crippen molar-refractivity contribution < 1.29 is 24.4 Å². The van der Waals surface area contributed by atoms with Crippen molar-refractivity contribution in [1.29, 1.82) is 0 Å². The number of ether oxygens (including phenoxy) is 1. The molecule has 0 radical (unpaired) electrons. The first-order valence-corrected chi connectivity index (χ1v) is 14.9. The van der Waals surface area contributed by atoms with Gasteiger partial charge in [-0.1, -0.05) is 73.5 Å². The van der Waals surface area contributed by atoms with Crippen LogP contribution in [-0.4, -0.2) is 34.6 Å². The highest BCUT2D eigenvalue weighted by atomic mass is 16.6. The van der Waals surface area contributed by atoms with Crippen LogP contribution in [0.2, 0.25) is 0 Å². The van der Waals surface area contributed by atoms with Crippen LogP contribution in [0.4, 0.5) is 11.4 Å². The molecule has 2 heterocycles. The molecule has 8 heteroatoms. The van der Waals surface area contributed by atoms with E-state index in [0.717, 1.165) is 47.3 Å². The van der Waals surface area contributed by atoms with Crippen LogP contribution in [0.25, 0.3) is 11.6 Å². The Bertz CT molecular complexity index is 1610. The maximum atomic E-state index is 13.9. The largest absolute Gasteiger partial charge is 0.508 e. The first kappa shape index (κ1) is 28.6. The van der Waals surface area contributed by atoms with Gasteiger partial charge in [0.05, 0.1) is 35.2 Å². The van der Waals surface area contributed by atoms with E-state index < -0.39 is 16.8 Å². The van der Waals surface area contributed by atoms with E-state index in [1.165, 1.54) is 29.3 Å². The zero-order valence-electron chi connectivity index (χ0n) is 24.0. The summed E-state index contributed by atoms with van der Waals surface area (Å²) in [6.07, 6.45) is 5.71. The summed E-state index contributed by atoms with van der Waals surface area (Å²) in [6, 6.07) is 23.1. The molecule has 6 rings (SSSR count). The van der Waals surface area contributed by atoms with Gasteiger partial charge in [-0.25, -0.2) is 4.90 Å². The third-order valence-electron chi connectivity index (χ3n) is 8.91. The van der Waals surface area contributed by atoms with Crippen molar-refractivity contribution in [3.05, 3.63) is 111 Å². The topological polar surface area (TPSA) is 110 Å². The Morgan fingerprint density at radius 3 is 2.51 bits per heavy atom. The number of nitro groups is 1. The highest BCUT2D eigenvalue weighted by Gasteiger charge is 2.57. The molecule has 2 fully saturated rings. The van der Waals surface area contributed by atoms with Crippen LogP contribution in [0, 0.1) is 27.9 Å².